The maximum Gasteiger partial charge on any atom is 0.120 e. The highest BCUT2D eigenvalue weighted by atomic mass is 16.5. The Morgan fingerprint density at radius 3 is 2.52 bits per heavy atom. The molecule has 0 bridgehead atoms. The van der Waals surface area contributed by atoms with Crippen molar-refractivity contribution in [3.8, 4) is 5.75 Å². The summed E-state index contributed by atoms with van der Waals surface area (Å²) in [5, 5.41) is 0. The summed E-state index contributed by atoms with van der Waals surface area (Å²) in [5.74, 6) is 0.929. The fourth-order valence-corrected chi connectivity index (χ4v) is 2.86. The number of benzene rings is 1. The van der Waals surface area contributed by atoms with Gasteiger partial charge >= 0.3 is 0 Å². The fourth-order valence-electron chi connectivity index (χ4n) is 2.86. The molecule has 2 heterocycles. The number of rotatable bonds is 4. The molecule has 0 aliphatic carbocycles. The lowest BCUT2D eigenvalue weighted by Crippen LogP contribution is -2.46. The molecule has 2 aromatic rings. The first kappa shape index (κ1) is 14.0. The predicted molar refractivity (Wildman–Crippen MR) is 85.9 cm³/mol. The SMILES string of the molecule is COc1cccc(N2CCN(Cc3cccn3C)CC2)c1. The number of nitrogens with zero attached hydrogens (tertiary/aromatic N) is 3. The number of methoxy groups -OCH3 is 1. The van der Waals surface area contributed by atoms with Crippen LogP contribution in [0.2, 0.25) is 0 Å². The molecule has 0 unspecified atom stereocenters. The van der Waals surface area contributed by atoms with Crippen LogP contribution in [0.5, 0.6) is 5.75 Å². The zero-order valence-electron chi connectivity index (χ0n) is 12.8. The topological polar surface area (TPSA) is 20.6 Å². The van der Waals surface area contributed by atoms with Crippen molar-refractivity contribution < 1.29 is 4.74 Å². The first-order chi connectivity index (χ1) is 10.3. The van der Waals surface area contributed by atoms with Gasteiger partial charge in [0, 0.05) is 63.4 Å². The molecule has 0 N–H and O–H groups in total. The number of hydrogen-bond acceptors (Lipinski definition) is 3. The Bertz CT molecular complexity index is 585. The van der Waals surface area contributed by atoms with Crippen LogP contribution in [-0.2, 0) is 13.6 Å². The third-order valence-electron chi connectivity index (χ3n) is 4.23. The Morgan fingerprint density at radius 1 is 1.05 bits per heavy atom. The van der Waals surface area contributed by atoms with Gasteiger partial charge in [0.25, 0.3) is 0 Å². The summed E-state index contributed by atoms with van der Waals surface area (Å²) in [6.45, 7) is 5.37. The summed E-state index contributed by atoms with van der Waals surface area (Å²) >= 11 is 0. The van der Waals surface area contributed by atoms with Gasteiger partial charge < -0.3 is 14.2 Å². The third kappa shape index (κ3) is 3.22. The Labute approximate surface area is 126 Å². The van der Waals surface area contributed by atoms with Crippen LogP contribution in [-0.4, -0.2) is 42.8 Å². The van der Waals surface area contributed by atoms with Crippen molar-refractivity contribution in [1.82, 2.24) is 9.47 Å². The second kappa shape index (κ2) is 6.22. The summed E-state index contributed by atoms with van der Waals surface area (Å²) in [6, 6.07) is 12.7. The molecule has 1 aliphatic rings. The molecule has 0 radical (unpaired) electrons. The smallest absolute Gasteiger partial charge is 0.120 e. The van der Waals surface area contributed by atoms with Crippen LogP contribution >= 0.6 is 0 Å². The first-order valence-electron chi connectivity index (χ1n) is 7.48. The van der Waals surface area contributed by atoms with Crippen LogP contribution in [0.15, 0.2) is 42.6 Å². The molecule has 21 heavy (non-hydrogen) atoms. The summed E-state index contributed by atoms with van der Waals surface area (Å²) < 4.78 is 7.51. The molecule has 3 rings (SSSR count). The molecular formula is C17H23N3O. The zero-order valence-corrected chi connectivity index (χ0v) is 12.8. The molecule has 0 saturated carbocycles. The second-order valence-electron chi connectivity index (χ2n) is 5.58. The molecule has 112 valence electrons. The van der Waals surface area contributed by atoms with Crippen molar-refractivity contribution in [2.24, 2.45) is 7.05 Å². The van der Waals surface area contributed by atoms with Gasteiger partial charge in [-0.15, -0.1) is 0 Å². The minimum Gasteiger partial charge on any atom is -0.497 e. The number of piperazine rings is 1. The molecule has 1 aromatic carbocycles. The summed E-state index contributed by atoms with van der Waals surface area (Å²) in [4.78, 5) is 4.95. The van der Waals surface area contributed by atoms with E-state index in [1.807, 2.05) is 6.07 Å². The van der Waals surface area contributed by atoms with E-state index in [4.69, 9.17) is 4.74 Å². The van der Waals surface area contributed by atoms with Crippen LogP contribution in [0.25, 0.3) is 0 Å². The minimum atomic E-state index is 0.929. The normalized spacial score (nSPS) is 16.2. The fraction of sp³-hybridized carbons (Fsp3) is 0.412. The number of hydrogen-bond donors (Lipinski definition) is 0. The van der Waals surface area contributed by atoms with E-state index in [1.165, 1.54) is 11.4 Å². The predicted octanol–water partition coefficient (Wildman–Crippen LogP) is 2.36. The van der Waals surface area contributed by atoms with Gasteiger partial charge in [-0.3, -0.25) is 4.90 Å². The second-order valence-corrected chi connectivity index (χ2v) is 5.58. The highest BCUT2D eigenvalue weighted by Gasteiger charge is 2.18. The average Bonchev–Trinajstić information content (AvgIpc) is 2.93. The van der Waals surface area contributed by atoms with Crippen LogP contribution < -0.4 is 9.64 Å². The van der Waals surface area contributed by atoms with Gasteiger partial charge in [-0.05, 0) is 24.3 Å². The molecule has 4 heteroatoms. The van der Waals surface area contributed by atoms with Gasteiger partial charge in [-0.2, -0.15) is 0 Å². The van der Waals surface area contributed by atoms with Crippen molar-refractivity contribution in [2.75, 3.05) is 38.2 Å². The summed E-state index contributed by atoms with van der Waals surface area (Å²) in [6.07, 6.45) is 2.11. The van der Waals surface area contributed by atoms with Gasteiger partial charge in [0.15, 0.2) is 0 Å². The lowest BCUT2D eigenvalue weighted by Gasteiger charge is -2.36. The van der Waals surface area contributed by atoms with E-state index >= 15 is 0 Å². The van der Waals surface area contributed by atoms with Crippen LogP contribution in [0, 0.1) is 0 Å². The molecule has 1 aromatic heterocycles. The van der Waals surface area contributed by atoms with Crippen LogP contribution in [0.3, 0.4) is 0 Å². The quantitative estimate of drug-likeness (QED) is 0.860. The van der Waals surface area contributed by atoms with E-state index < -0.39 is 0 Å². The summed E-state index contributed by atoms with van der Waals surface area (Å²) in [5.41, 5.74) is 2.64. The lowest BCUT2D eigenvalue weighted by atomic mass is 10.2. The summed E-state index contributed by atoms with van der Waals surface area (Å²) in [7, 11) is 3.83. The Morgan fingerprint density at radius 2 is 1.86 bits per heavy atom. The van der Waals surface area contributed by atoms with Gasteiger partial charge in [0.2, 0.25) is 0 Å². The minimum absolute atomic E-state index is 0.929. The van der Waals surface area contributed by atoms with E-state index in [-0.39, 0.29) is 0 Å². The Hall–Kier alpha value is -1.94. The molecule has 1 fully saturated rings. The molecule has 1 saturated heterocycles. The maximum absolute atomic E-state index is 5.31. The van der Waals surface area contributed by atoms with Gasteiger partial charge in [0.1, 0.15) is 5.75 Å². The van der Waals surface area contributed by atoms with Crippen molar-refractivity contribution in [3.63, 3.8) is 0 Å². The molecule has 1 aliphatic heterocycles. The van der Waals surface area contributed by atoms with Crippen molar-refractivity contribution in [1.29, 1.82) is 0 Å². The standard InChI is InChI=1S/C17H23N3O/c1-18-8-4-6-16(18)14-19-9-11-20(12-10-19)15-5-3-7-17(13-15)21-2/h3-8,13H,9-12,14H2,1-2H3. The van der Waals surface area contributed by atoms with E-state index in [2.05, 4.69) is 57.9 Å². The Kier molecular flexibility index (Phi) is 4.15. The van der Waals surface area contributed by atoms with Crippen molar-refractivity contribution in [3.05, 3.63) is 48.3 Å². The largest absolute Gasteiger partial charge is 0.497 e. The highest BCUT2D eigenvalue weighted by molar-refractivity contribution is 5.51. The van der Waals surface area contributed by atoms with Gasteiger partial charge in [0.05, 0.1) is 7.11 Å². The van der Waals surface area contributed by atoms with Crippen molar-refractivity contribution >= 4 is 5.69 Å². The van der Waals surface area contributed by atoms with Crippen LogP contribution in [0.1, 0.15) is 5.69 Å². The Balaban J connectivity index is 1.58. The van der Waals surface area contributed by atoms with Crippen molar-refractivity contribution in [2.45, 2.75) is 6.54 Å². The van der Waals surface area contributed by atoms with E-state index in [0.717, 1.165) is 38.5 Å². The molecule has 4 nitrogen and oxygen atoms in total. The number of aromatic nitrogens is 1. The third-order valence-corrected chi connectivity index (χ3v) is 4.23. The molecular weight excluding hydrogens is 262 g/mol. The van der Waals surface area contributed by atoms with Gasteiger partial charge in [-0.1, -0.05) is 6.07 Å². The first-order valence-corrected chi connectivity index (χ1v) is 7.48. The van der Waals surface area contributed by atoms with Gasteiger partial charge in [-0.25, -0.2) is 0 Å². The molecule has 0 spiro atoms. The highest BCUT2D eigenvalue weighted by Crippen LogP contribution is 2.22. The monoisotopic (exact) mass is 285 g/mol. The number of anilines is 1. The average molecular weight is 285 g/mol. The zero-order chi connectivity index (χ0) is 14.7. The maximum atomic E-state index is 5.31. The van der Waals surface area contributed by atoms with E-state index in [0.29, 0.717) is 0 Å². The number of aryl methyl sites for hydroxylation is 1. The van der Waals surface area contributed by atoms with E-state index in [9.17, 15) is 0 Å². The van der Waals surface area contributed by atoms with E-state index in [1.54, 1.807) is 7.11 Å². The molecule has 0 atom stereocenters. The lowest BCUT2D eigenvalue weighted by molar-refractivity contribution is 0.245. The molecule has 0 amide bonds. The number of ether oxygens (including phenoxy) is 1. The van der Waals surface area contributed by atoms with Crippen LogP contribution in [0.4, 0.5) is 5.69 Å².